The third-order valence-corrected chi connectivity index (χ3v) is 6.44. The SMILES string of the molecule is CCc1nc2sc(C(c3ccc(F)c(F)c3)N3CCC(C(N)=O)CC3)c(O)n2n1. The summed E-state index contributed by atoms with van der Waals surface area (Å²) in [6.45, 7) is 2.99. The van der Waals surface area contributed by atoms with Crippen LogP contribution >= 0.6 is 11.3 Å². The normalized spacial score (nSPS) is 17.1. The molecule has 1 unspecified atom stereocenters. The zero-order chi connectivity index (χ0) is 20.7. The lowest BCUT2D eigenvalue weighted by Crippen LogP contribution is -2.40. The first kappa shape index (κ1) is 19.7. The van der Waals surface area contributed by atoms with Crippen LogP contribution in [0.25, 0.3) is 4.96 Å². The molecule has 3 heterocycles. The van der Waals surface area contributed by atoms with Crippen molar-refractivity contribution in [3.8, 4) is 5.88 Å². The second-order valence-corrected chi connectivity index (χ2v) is 8.16. The number of nitrogens with two attached hydrogens (primary N) is 1. The fourth-order valence-corrected chi connectivity index (χ4v) is 4.91. The Labute approximate surface area is 169 Å². The molecule has 0 radical (unpaired) electrons. The van der Waals surface area contributed by atoms with Gasteiger partial charge in [-0.3, -0.25) is 9.69 Å². The topological polar surface area (TPSA) is 96.8 Å². The molecule has 154 valence electrons. The highest BCUT2D eigenvalue weighted by Crippen LogP contribution is 2.41. The number of amides is 1. The van der Waals surface area contributed by atoms with Crippen LogP contribution in [0.4, 0.5) is 8.78 Å². The second-order valence-electron chi connectivity index (χ2n) is 7.15. The highest BCUT2D eigenvalue weighted by Gasteiger charge is 2.33. The van der Waals surface area contributed by atoms with E-state index in [1.54, 1.807) is 0 Å². The Balaban J connectivity index is 1.76. The summed E-state index contributed by atoms with van der Waals surface area (Å²) in [7, 11) is 0. The zero-order valence-electron chi connectivity index (χ0n) is 15.8. The molecule has 1 aliphatic rings. The zero-order valence-corrected chi connectivity index (χ0v) is 16.6. The van der Waals surface area contributed by atoms with Crippen molar-refractivity contribution < 1.29 is 18.7 Å². The predicted molar refractivity (Wildman–Crippen MR) is 104 cm³/mol. The van der Waals surface area contributed by atoms with E-state index in [4.69, 9.17) is 5.73 Å². The molecule has 0 aliphatic carbocycles. The van der Waals surface area contributed by atoms with Crippen molar-refractivity contribution >= 4 is 22.2 Å². The molecule has 1 amide bonds. The number of carbonyl (C=O) groups excluding carboxylic acids is 1. The molecule has 0 bridgehead atoms. The molecule has 0 saturated carbocycles. The summed E-state index contributed by atoms with van der Waals surface area (Å²) in [5, 5.41) is 15.1. The van der Waals surface area contributed by atoms with Crippen molar-refractivity contribution in [1.29, 1.82) is 0 Å². The standard InChI is InChI=1S/C19H21F2N5O2S/c1-2-14-23-19-26(24-14)18(28)16(29-19)15(11-3-4-12(20)13(21)9-11)25-7-5-10(6-8-25)17(22)27/h3-4,9-10,15,28H,2,5-8H2,1H3,(H2,22,27). The van der Waals surface area contributed by atoms with Gasteiger partial charge in [-0.25, -0.2) is 13.8 Å². The summed E-state index contributed by atoms with van der Waals surface area (Å²) in [5.74, 6) is -1.87. The van der Waals surface area contributed by atoms with E-state index >= 15 is 0 Å². The quantitative estimate of drug-likeness (QED) is 0.660. The van der Waals surface area contributed by atoms with Crippen LogP contribution in [0.3, 0.4) is 0 Å². The first-order chi connectivity index (χ1) is 13.9. The molecule has 4 rings (SSSR count). The maximum atomic E-state index is 14.0. The Morgan fingerprint density at radius 3 is 2.66 bits per heavy atom. The fourth-order valence-electron chi connectivity index (χ4n) is 3.77. The second kappa shape index (κ2) is 7.68. The van der Waals surface area contributed by atoms with E-state index in [0.717, 1.165) is 12.1 Å². The molecule has 1 atom stereocenters. The van der Waals surface area contributed by atoms with Crippen LogP contribution in [-0.4, -0.2) is 43.6 Å². The van der Waals surface area contributed by atoms with Crippen LogP contribution in [-0.2, 0) is 11.2 Å². The number of nitrogens with zero attached hydrogens (tertiary/aromatic N) is 4. The van der Waals surface area contributed by atoms with Crippen LogP contribution in [0.5, 0.6) is 5.88 Å². The van der Waals surface area contributed by atoms with Gasteiger partial charge in [0.25, 0.3) is 0 Å². The number of hydrogen-bond acceptors (Lipinski definition) is 6. The van der Waals surface area contributed by atoms with E-state index in [1.807, 2.05) is 11.8 Å². The van der Waals surface area contributed by atoms with Crippen molar-refractivity contribution in [2.24, 2.45) is 11.7 Å². The lowest BCUT2D eigenvalue weighted by Gasteiger charge is -2.36. The minimum Gasteiger partial charge on any atom is -0.492 e. The summed E-state index contributed by atoms with van der Waals surface area (Å²) < 4.78 is 28.9. The maximum absolute atomic E-state index is 14.0. The van der Waals surface area contributed by atoms with Crippen molar-refractivity contribution in [3.05, 3.63) is 46.1 Å². The number of fused-ring (bicyclic) bond motifs is 1. The third-order valence-electron chi connectivity index (χ3n) is 5.36. The number of halogens is 2. The van der Waals surface area contributed by atoms with Gasteiger partial charge in [-0.1, -0.05) is 24.3 Å². The number of hydrogen-bond donors (Lipinski definition) is 2. The first-order valence-electron chi connectivity index (χ1n) is 9.44. The van der Waals surface area contributed by atoms with Gasteiger partial charge in [-0.2, -0.15) is 4.52 Å². The van der Waals surface area contributed by atoms with Crippen LogP contribution in [0.2, 0.25) is 0 Å². The average molecular weight is 421 g/mol. The molecule has 3 aromatic rings. The molecule has 1 saturated heterocycles. The van der Waals surface area contributed by atoms with Crippen LogP contribution in [0.1, 0.15) is 42.1 Å². The van der Waals surface area contributed by atoms with Crippen LogP contribution in [0.15, 0.2) is 18.2 Å². The Bertz CT molecular complexity index is 1060. The summed E-state index contributed by atoms with van der Waals surface area (Å²) in [4.78, 5) is 19.0. The first-order valence-corrected chi connectivity index (χ1v) is 10.3. The molecular formula is C19H21F2N5O2S. The van der Waals surface area contributed by atoms with Crippen molar-refractivity contribution in [2.45, 2.75) is 32.2 Å². The lowest BCUT2D eigenvalue weighted by molar-refractivity contribution is -0.123. The number of likely N-dealkylation sites (tertiary alicyclic amines) is 1. The van der Waals surface area contributed by atoms with E-state index in [2.05, 4.69) is 10.1 Å². The van der Waals surface area contributed by atoms with E-state index in [1.165, 1.54) is 21.9 Å². The molecule has 1 aliphatic heterocycles. The molecule has 1 fully saturated rings. The van der Waals surface area contributed by atoms with Gasteiger partial charge in [0, 0.05) is 12.3 Å². The Hall–Kier alpha value is -2.59. The van der Waals surface area contributed by atoms with Gasteiger partial charge in [-0.15, -0.1) is 5.10 Å². The molecule has 2 aromatic heterocycles. The molecule has 7 nitrogen and oxygen atoms in total. The minimum atomic E-state index is -0.952. The van der Waals surface area contributed by atoms with E-state index in [-0.39, 0.29) is 17.7 Å². The summed E-state index contributed by atoms with van der Waals surface area (Å²) in [6.07, 6.45) is 1.77. The van der Waals surface area contributed by atoms with Crippen LogP contribution < -0.4 is 5.73 Å². The molecule has 29 heavy (non-hydrogen) atoms. The predicted octanol–water partition coefficient (Wildman–Crippen LogP) is 2.62. The van der Waals surface area contributed by atoms with Crippen LogP contribution in [0, 0.1) is 17.6 Å². The number of rotatable bonds is 5. The average Bonchev–Trinajstić information content (AvgIpc) is 3.25. The molecule has 3 N–H and O–H groups in total. The maximum Gasteiger partial charge on any atom is 0.230 e. The Morgan fingerprint density at radius 2 is 2.07 bits per heavy atom. The molecule has 10 heteroatoms. The van der Waals surface area contributed by atoms with E-state index < -0.39 is 17.7 Å². The van der Waals surface area contributed by atoms with Gasteiger partial charge in [-0.05, 0) is 43.6 Å². The van der Waals surface area contributed by atoms with Gasteiger partial charge in [0.05, 0.1) is 10.9 Å². The monoisotopic (exact) mass is 421 g/mol. The summed E-state index contributed by atoms with van der Waals surface area (Å²) in [6, 6.07) is 3.22. The lowest BCUT2D eigenvalue weighted by atomic mass is 9.93. The third kappa shape index (κ3) is 3.58. The van der Waals surface area contributed by atoms with Gasteiger partial charge in [0.1, 0.15) is 0 Å². The van der Waals surface area contributed by atoms with Gasteiger partial charge < -0.3 is 10.8 Å². The minimum absolute atomic E-state index is 0.0658. The smallest absolute Gasteiger partial charge is 0.230 e. The Kier molecular flexibility index (Phi) is 5.22. The summed E-state index contributed by atoms with van der Waals surface area (Å²) in [5.41, 5.74) is 5.94. The molecule has 0 spiro atoms. The Morgan fingerprint density at radius 1 is 1.34 bits per heavy atom. The van der Waals surface area contributed by atoms with Crippen molar-refractivity contribution in [3.63, 3.8) is 0 Å². The number of piperidine rings is 1. The summed E-state index contributed by atoms with van der Waals surface area (Å²) >= 11 is 1.26. The highest BCUT2D eigenvalue weighted by atomic mass is 32.1. The van der Waals surface area contributed by atoms with Gasteiger partial charge in [0.15, 0.2) is 17.5 Å². The number of benzene rings is 1. The number of aromatic nitrogens is 3. The number of primary amides is 1. The highest BCUT2D eigenvalue weighted by molar-refractivity contribution is 7.17. The van der Waals surface area contributed by atoms with Crippen molar-refractivity contribution in [2.75, 3.05) is 13.1 Å². The van der Waals surface area contributed by atoms with E-state index in [0.29, 0.717) is 53.6 Å². The van der Waals surface area contributed by atoms with E-state index in [9.17, 15) is 18.7 Å². The molecule has 1 aromatic carbocycles. The molecular weight excluding hydrogens is 400 g/mol. The number of thiazole rings is 1. The number of carbonyl (C=O) groups is 1. The fraction of sp³-hybridized carbons (Fsp3) is 0.421. The largest absolute Gasteiger partial charge is 0.492 e. The number of aryl methyl sites for hydroxylation is 1. The van der Waals surface area contributed by atoms with Gasteiger partial charge >= 0.3 is 0 Å². The number of aromatic hydroxyl groups is 1. The van der Waals surface area contributed by atoms with Crippen molar-refractivity contribution in [1.82, 2.24) is 19.5 Å². The van der Waals surface area contributed by atoms with Gasteiger partial charge in [0.2, 0.25) is 16.7 Å².